The first-order valence-electron chi connectivity index (χ1n) is 6.22. The molecule has 0 aliphatic carbocycles. The first kappa shape index (κ1) is 16.3. The van der Waals surface area contributed by atoms with Crippen molar-refractivity contribution < 1.29 is 4.79 Å². The summed E-state index contributed by atoms with van der Waals surface area (Å²) in [4.78, 5) is 12.9. The number of benzene rings is 1. The van der Waals surface area contributed by atoms with Gasteiger partial charge < -0.3 is 11.1 Å². The fourth-order valence-corrected chi connectivity index (χ4v) is 2.27. The Bertz CT molecular complexity index is 414. The molecule has 19 heavy (non-hydrogen) atoms. The van der Waals surface area contributed by atoms with Crippen molar-refractivity contribution in [3.63, 3.8) is 0 Å². The average molecular weight is 301 g/mol. The standard InChI is InChI=1S/C14H21ClN2OS/c1-14(2,3)12(16)13(18)17-8-9-19-11-6-4-10(15)5-7-11/h4-7,12H,8-9,16H2,1-3H3,(H,17,18)/t12-/m1/s1. The molecule has 1 rings (SSSR count). The molecule has 0 fully saturated rings. The van der Waals surface area contributed by atoms with Gasteiger partial charge in [0.15, 0.2) is 0 Å². The van der Waals surface area contributed by atoms with Crippen LogP contribution in [0.3, 0.4) is 0 Å². The van der Waals surface area contributed by atoms with Gasteiger partial charge in [-0.05, 0) is 29.7 Å². The van der Waals surface area contributed by atoms with Gasteiger partial charge in [-0.25, -0.2) is 0 Å². The van der Waals surface area contributed by atoms with E-state index < -0.39 is 6.04 Å². The van der Waals surface area contributed by atoms with Crippen molar-refractivity contribution in [3.8, 4) is 0 Å². The van der Waals surface area contributed by atoms with Gasteiger partial charge in [0.1, 0.15) is 0 Å². The van der Waals surface area contributed by atoms with Gasteiger partial charge in [-0.3, -0.25) is 4.79 Å². The quantitative estimate of drug-likeness (QED) is 0.649. The molecule has 0 bridgehead atoms. The van der Waals surface area contributed by atoms with E-state index in [2.05, 4.69) is 5.32 Å². The topological polar surface area (TPSA) is 55.1 Å². The Hall–Kier alpha value is -0.710. The number of nitrogens with one attached hydrogen (secondary N) is 1. The van der Waals surface area contributed by atoms with E-state index >= 15 is 0 Å². The molecular weight excluding hydrogens is 280 g/mol. The van der Waals surface area contributed by atoms with Gasteiger partial charge >= 0.3 is 0 Å². The highest BCUT2D eigenvalue weighted by Crippen LogP contribution is 2.20. The van der Waals surface area contributed by atoms with Crippen LogP contribution in [0.5, 0.6) is 0 Å². The third kappa shape index (κ3) is 5.85. The van der Waals surface area contributed by atoms with E-state index in [-0.39, 0.29) is 11.3 Å². The molecule has 0 aliphatic heterocycles. The van der Waals surface area contributed by atoms with Crippen LogP contribution < -0.4 is 11.1 Å². The van der Waals surface area contributed by atoms with Gasteiger partial charge in [0.05, 0.1) is 6.04 Å². The molecule has 0 saturated carbocycles. The number of hydrogen-bond acceptors (Lipinski definition) is 3. The molecule has 0 unspecified atom stereocenters. The van der Waals surface area contributed by atoms with E-state index in [0.29, 0.717) is 6.54 Å². The number of rotatable bonds is 5. The summed E-state index contributed by atoms with van der Waals surface area (Å²) in [6.07, 6.45) is 0. The van der Waals surface area contributed by atoms with E-state index in [1.54, 1.807) is 11.8 Å². The number of carbonyl (C=O) groups is 1. The van der Waals surface area contributed by atoms with Gasteiger partial charge in [-0.1, -0.05) is 32.4 Å². The van der Waals surface area contributed by atoms with Gasteiger partial charge in [0.25, 0.3) is 0 Å². The highest BCUT2D eigenvalue weighted by Gasteiger charge is 2.26. The molecule has 0 aliphatic rings. The maximum atomic E-state index is 11.8. The molecule has 0 heterocycles. The fourth-order valence-electron chi connectivity index (χ4n) is 1.38. The molecule has 106 valence electrons. The Morgan fingerprint density at radius 2 is 1.95 bits per heavy atom. The van der Waals surface area contributed by atoms with E-state index in [0.717, 1.165) is 15.7 Å². The average Bonchev–Trinajstić information content (AvgIpc) is 2.34. The van der Waals surface area contributed by atoms with Gasteiger partial charge in [-0.15, -0.1) is 11.8 Å². The molecule has 1 aromatic carbocycles. The zero-order valence-corrected chi connectivity index (χ0v) is 13.1. The number of amides is 1. The van der Waals surface area contributed by atoms with E-state index in [1.165, 1.54) is 0 Å². The summed E-state index contributed by atoms with van der Waals surface area (Å²) in [7, 11) is 0. The summed E-state index contributed by atoms with van der Waals surface area (Å²) in [6, 6.07) is 7.18. The fraction of sp³-hybridized carbons (Fsp3) is 0.500. The first-order chi connectivity index (χ1) is 8.80. The zero-order chi connectivity index (χ0) is 14.5. The van der Waals surface area contributed by atoms with Crippen molar-refractivity contribution >= 4 is 29.3 Å². The summed E-state index contributed by atoms with van der Waals surface area (Å²) >= 11 is 7.49. The summed E-state index contributed by atoms with van der Waals surface area (Å²) in [6.45, 7) is 6.48. The second kappa shape index (κ2) is 7.17. The molecule has 3 nitrogen and oxygen atoms in total. The van der Waals surface area contributed by atoms with Crippen molar-refractivity contribution in [2.45, 2.75) is 31.7 Å². The molecule has 1 atom stereocenters. The van der Waals surface area contributed by atoms with Crippen LogP contribution in [0.4, 0.5) is 0 Å². The monoisotopic (exact) mass is 300 g/mol. The molecule has 0 spiro atoms. The van der Waals surface area contributed by atoms with Gasteiger partial charge in [-0.2, -0.15) is 0 Å². The first-order valence-corrected chi connectivity index (χ1v) is 7.59. The number of halogens is 1. The van der Waals surface area contributed by atoms with Crippen molar-refractivity contribution in [2.24, 2.45) is 11.1 Å². The lowest BCUT2D eigenvalue weighted by atomic mass is 9.87. The predicted molar refractivity (Wildman–Crippen MR) is 82.6 cm³/mol. The maximum absolute atomic E-state index is 11.8. The molecule has 5 heteroatoms. The Morgan fingerprint density at radius 3 is 2.47 bits per heavy atom. The van der Waals surface area contributed by atoms with Crippen LogP contribution in [0.15, 0.2) is 29.2 Å². The summed E-state index contributed by atoms with van der Waals surface area (Å²) in [5.74, 6) is 0.716. The second-order valence-corrected chi connectivity index (χ2v) is 7.04. The Kier molecular flexibility index (Phi) is 6.17. The highest BCUT2D eigenvalue weighted by atomic mass is 35.5. The van der Waals surface area contributed by atoms with E-state index in [1.807, 2.05) is 45.0 Å². The highest BCUT2D eigenvalue weighted by molar-refractivity contribution is 7.99. The third-order valence-corrected chi connectivity index (χ3v) is 3.96. The lowest BCUT2D eigenvalue weighted by molar-refractivity contribution is -0.124. The number of carbonyl (C=O) groups excluding carboxylic acids is 1. The molecule has 0 aromatic heterocycles. The van der Waals surface area contributed by atoms with Crippen LogP contribution in [0.2, 0.25) is 5.02 Å². The molecule has 0 saturated heterocycles. The van der Waals surface area contributed by atoms with Crippen LogP contribution in [0.1, 0.15) is 20.8 Å². The molecule has 1 aromatic rings. The Morgan fingerprint density at radius 1 is 1.37 bits per heavy atom. The molecular formula is C14H21ClN2OS. The van der Waals surface area contributed by atoms with Crippen molar-refractivity contribution in [1.29, 1.82) is 0 Å². The third-order valence-electron chi connectivity index (χ3n) is 2.70. The summed E-state index contributed by atoms with van der Waals surface area (Å²) < 4.78 is 0. The minimum absolute atomic E-state index is 0.0933. The normalized spacial score (nSPS) is 13.1. The summed E-state index contributed by atoms with van der Waals surface area (Å²) in [5, 5.41) is 3.59. The lowest BCUT2D eigenvalue weighted by Gasteiger charge is -2.25. The van der Waals surface area contributed by atoms with Gasteiger partial charge in [0, 0.05) is 22.2 Å². The smallest absolute Gasteiger partial charge is 0.237 e. The van der Waals surface area contributed by atoms with Crippen LogP contribution in [0, 0.1) is 5.41 Å². The van der Waals surface area contributed by atoms with Crippen molar-refractivity contribution in [3.05, 3.63) is 29.3 Å². The van der Waals surface area contributed by atoms with E-state index in [4.69, 9.17) is 17.3 Å². The molecule has 3 N–H and O–H groups in total. The van der Waals surface area contributed by atoms with Crippen LogP contribution in [-0.2, 0) is 4.79 Å². The zero-order valence-electron chi connectivity index (χ0n) is 11.6. The minimum Gasteiger partial charge on any atom is -0.354 e. The summed E-state index contributed by atoms with van der Waals surface area (Å²) in [5.41, 5.74) is 5.66. The maximum Gasteiger partial charge on any atom is 0.237 e. The largest absolute Gasteiger partial charge is 0.354 e. The predicted octanol–water partition coefficient (Wildman–Crippen LogP) is 2.92. The lowest BCUT2D eigenvalue weighted by Crippen LogP contribution is -2.49. The second-order valence-electron chi connectivity index (χ2n) is 5.44. The van der Waals surface area contributed by atoms with Crippen molar-refractivity contribution in [1.82, 2.24) is 5.32 Å². The van der Waals surface area contributed by atoms with Crippen LogP contribution in [-0.4, -0.2) is 24.2 Å². The number of thioether (sulfide) groups is 1. The van der Waals surface area contributed by atoms with Crippen LogP contribution in [0.25, 0.3) is 0 Å². The number of hydrogen-bond donors (Lipinski definition) is 2. The minimum atomic E-state index is -0.479. The number of nitrogens with two attached hydrogens (primary N) is 1. The van der Waals surface area contributed by atoms with Crippen LogP contribution >= 0.6 is 23.4 Å². The Labute approximate surface area is 124 Å². The SMILES string of the molecule is CC(C)(C)[C@H](N)C(=O)NCCSc1ccc(Cl)cc1. The van der Waals surface area contributed by atoms with Crippen molar-refractivity contribution in [2.75, 3.05) is 12.3 Å². The molecule has 0 radical (unpaired) electrons. The van der Waals surface area contributed by atoms with E-state index in [9.17, 15) is 4.79 Å². The molecule has 1 amide bonds. The van der Waals surface area contributed by atoms with Gasteiger partial charge in [0.2, 0.25) is 5.91 Å². The Balaban J connectivity index is 2.28.